The minimum Gasteiger partial charge on any atom is -0.477 e. The molecule has 2 aromatic rings. The largest absolute Gasteiger partial charge is 0.477 e. The van der Waals surface area contributed by atoms with Crippen molar-refractivity contribution in [1.82, 2.24) is 15.2 Å². The number of hydrogen-bond donors (Lipinski definition) is 1. The lowest BCUT2D eigenvalue weighted by Crippen LogP contribution is -2.46. The quantitative estimate of drug-likeness (QED) is 0.829. The van der Waals surface area contributed by atoms with E-state index in [-0.39, 0.29) is 18.0 Å². The van der Waals surface area contributed by atoms with Crippen LogP contribution in [0.5, 0.6) is 5.88 Å². The van der Waals surface area contributed by atoms with Gasteiger partial charge in [0, 0.05) is 25.4 Å². The van der Waals surface area contributed by atoms with Crippen molar-refractivity contribution in [2.75, 3.05) is 26.3 Å². The van der Waals surface area contributed by atoms with Crippen molar-refractivity contribution in [3.05, 3.63) is 59.5 Å². The van der Waals surface area contributed by atoms with Gasteiger partial charge >= 0.3 is 6.03 Å². The molecule has 1 aromatic carbocycles. The average Bonchev–Trinajstić information content (AvgIpc) is 3.56. The lowest BCUT2D eigenvalue weighted by atomic mass is 10.1. The monoisotopic (exact) mass is 385 g/mol. The van der Waals surface area contributed by atoms with Crippen LogP contribution in [0.1, 0.15) is 30.1 Å². The number of nitrogens with one attached hydrogen (secondary N) is 1. The third kappa shape index (κ3) is 4.98. The van der Waals surface area contributed by atoms with Crippen LogP contribution < -0.4 is 10.1 Å². The number of carbonyl (C=O) groups is 1. The van der Waals surface area contributed by atoms with Crippen molar-refractivity contribution in [2.45, 2.75) is 25.5 Å². The number of nitrogens with zero attached hydrogens (tertiary/aromatic N) is 2. The molecule has 1 aliphatic carbocycles. The summed E-state index contributed by atoms with van der Waals surface area (Å²) in [4.78, 5) is 18.5. The van der Waals surface area contributed by atoms with Crippen molar-refractivity contribution >= 4 is 6.03 Å². The smallest absolute Gasteiger partial charge is 0.317 e. The van der Waals surface area contributed by atoms with Crippen LogP contribution in [-0.4, -0.2) is 42.2 Å². The molecule has 2 fully saturated rings. The topological polar surface area (TPSA) is 63.7 Å². The Morgan fingerprint density at radius 3 is 2.89 bits per heavy atom. The number of benzene rings is 1. The summed E-state index contributed by atoms with van der Waals surface area (Å²) in [5.41, 5.74) is 1.81. The molecular weight excluding hydrogens is 361 g/mol. The Balaban J connectivity index is 1.29. The summed E-state index contributed by atoms with van der Waals surface area (Å²) in [6, 6.07) is 9.79. The molecule has 148 valence electrons. The Kier molecular flexibility index (Phi) is 5.71. The van der Waals surface area contributed by atoms with E-state index in [1.807, 2.05) is 12.1 Å². The zero-order valence-electron chi connectivity index (χ0n) is 15.6. The van der Waals surface area contributed by atoms with Gasteiger partial charge in [0.25, 0.3) is 0 Å². The predicted octanol–water partition coefficient (Wildman–Crippen LogP) is 3.29. The molecule has 7 heteroatoms. The number of rotatable bonds is 6. The fraction of sp³-hybridized carbons (Fsp3) is 0.429. The molecule has 1 saturated carbocycles. The summed E-state index contributed by atoms with van der Waals surface area (Å²) in [7, 11) is 0. The van der Waals surface area contributed by atoms with Gasteiger partial charge in [0.15, 0.2) is 0 Å². The molecular formula is C21H24FN3O3. The normalized spacial score (nSPS) is 19.3. The van der Waals surface area contributed by atoms with E-state index >= 15 is 0 Å². The van der Waals surface area contributed by atoms with Crippen LogP contribution in [0.25, 0.3) is 0 Å². The van der Waals surface area contributed by atoms with Crippen LogP contribution >= 0.6 is 0 Å². The zero-order valence-corrected chi connectivity index (χ0v) is 15.6. The van der Waals surface area contributed by atoms with Crippen molar-refractivity contribution < 1.29 is 18.7 Å². The van der Waals surface area contributed by atoms with Crippen molar-refractivity contribution in [2.24, 2.45) is 5.92 Å². The van der Waals surface area contributed by atoms with Crippen LogP contribution in [0.15, 0.2) is 42.6 Å². The number of amides is 2. The first kappa shape index (κ1) is 18.7. The van der Waals surface area contributed by atoms with Gasteiger partial charge in [-0.05, 0) is 48.1 Å². The molecule has 1 aromatic heterocycles. The number of morpholine rings is 1. The second-order valence-corrected chi connectivity index (χ2v) is 7.27. The maximum Gasteiger partial charge on any atom is 0.317 e. The number of ether oxygens (including phenoxy) is 2. The van der Waals surface area contributed by atoms with Crippen LogP contribution in [0, 0.1) is 11.7 Å². The number of urea groups is 1. The first-order valence-corrected chi connectivity index (χ1v) is 9.65. The Labute approximate surface area is 163 Å². The van der Waals surface area contributed by atoms with Gasteiger partial charge in [0.2, 0.25) is 5.88 Å². The first-order valence-electron chi connectivity index (χ1n) is 9.65. The van der Waals surface area contributed by atoms with Gasteiger partial charge in [0.1, 0.15) is 11.9 Å². The Morgan fingerprint density at radius 1 is 1.29 bits per heavy atom. The minimum absolute atomic E-state index is 0.146. The minimum atomic E-state index is -0.285. The number of halogens is 1. The van der Waals surface area contributed by atoms with Gasteiger partial charge in [-0.3, -0.25) is 0 Å². The van der Waals surface area contributed by atoms with E-state index in [0.717, 1.165) is 11.1 Å². The van der Waals surface area contributed by atoms with Gasteiger partial charge < -0.3 is 19.7 Å². The highest BCUT2D eigenvalue weighted by atomic mass is 19.1. The van der Waals surface area contributed by atoms with Crippen LogP contribution in [0.2, 0.25) is 0 Å². The van der Waals surface area contributed by atoms with E-state index in [2.05, 4.69) is 10.3 Å². The van der Waals surface area contributed by atoms with E-state index < -0.39 is 0 Å². The summed E-state index contributed by atoms with van der Waals surface area (Å²) in [5, 5.41) is 2.94. The average molecular weight is 385 g/mol. The lowest BCUT2D eigenvalue weighted by Gasteiger charge is -2.33. The molecule has 4 rings (SSSR count). The molecule has 28 heavy (non-hydrogen) atoms. The fourth-order valence-electron chi connectivity index (χ4n) is 3.13. The van der Waals surface area contributed by atoms with Gasteiger partial charge in [0.05, 0.1) is 19.8 Å². The molecule has 0 unspecified atom stereocenters. The zero-order chi connectivity index (χ0) is 19.3. The molecule has 2 amide bonds. The lowest BCUT2D eigenvalue weighted by molar-refractivity contribution is -0.0155. The van der Waals surface area contributed by atoms with Gasteiger partial charge in [-0.25, -0.2) is 14.2 Å². The van der Waals surface area contributed by atoms with Crippen molar-refractivity contribution in [3.63, 3.8) is 0 Å². The Hall–Kier alpha value is -2.67. The number of hydrogen-bond acceptors (Lipinski definition) is 4. The Morgan fingerprint density at radius 2 is 2.11 bits per heavy atom. The SMILES string of the molecule is O=C(NCc1ccnc(OCC2CC2)c1)N1CCO[C@@H](c2ccc(F)cc2)C1. The van der Waals surface area contributed by atoms with Crippen LogP contribution in [0.4, 0.5) is 9.18 Å². The third-order valence-corrected chi connectivity index (χ3v) is 5.00. The van der Waals surface area contributed by atoms with Gasteiger partial charge in [-0.1, -0.05) is 12.1 Å². The number of pyridine rings is 1. The molecule has 6 nitrogen and oxygen atoms in total. The summed E-state index contributed by atoms with van der Waals surface area (Å²) in [6.07, 6.45) is 3.91. The maximum atomic E-state index is 13.1. The molecule has 1 aliphatic heterocycles. The molecule has 1 saturated heterocycles. The van der Waals surface area contributed by atoms with Gasteiger partial charge in [-0.2, -0.15) is 0 Å². The second kappa shape index (κ2) is 8.56. The molecule has 1 atom stereocenters. The highest BCUT2D eigenvalue weighted by molar-refractivity contribution is 5.74. The van der Waals surface area contributed by atoms with E-state index in [9.17, 15) is 9.18 Å². The highest BCUT2D eigenvalue weighted by Crippen LogP contribution is 2.29. The summed E-state index contributed by atoms with van der Waals surface area (Å²) in [6.45, 7) is 2.52. The highest BCUT2D eigenvalue weighted by Gasteiger charge is 2.25. The standard InChI is InChI=1S/C21H24FN3O3/c22-18-5-3-17(4-6-18)19-13-25(9-10-27-19)21(26)24-12-16-7-8-23-20(11-16)28-14-15-1-2-15/h3-8,11,15,19H,1-2,9-10,12-14H2,(H,24,26)/t19-/m1/s1. The van der Waals surface area contributed by atoms with Crippen LogP contribution in [-0.2, 0) is 11.3 Å². The number of carbonyl (C=O) groups excluding carboxylic acids is 1. The molecule has 2 aliphatic rings. The number of aromatic nitrogens is 1. The van der Waals surface area contributed by atoms with Gasteiger partial charge in [-0.15, -0.1) is 0 Å². The maximum absolute atomic E-state index is 13.1. The summed E-state index contributed by atoms with van der Waals surface area (Å²) >= 11 is 0. The summed E-state index contributed by atoms with van der Waals surface area (Å²) in [5.74, 6) is 0.980. The molecule has 2 heterocycles. The first-order chi connectivity index (χ1) is 13.7. The molecule has 0 bridgehead atoms. The molecule has 0 spiro atoms. The van der Waals surface area contributed by atoms with E-state index in [0.29, 0.717) is 44.6 Å². The van der Waals surface area contributed by atoms with Crippen molar-refractivity contribution in [3.8, 4) is 5.88 Å². The van der Waals surface area contributed by atoms with Crippen LogP contribution in [0.3, 0.4) is 0 Å². The summed E-state index contributed by atoms with van der Waals surface area (Å²) < 4.78 is 24.5. The molecule has 0 radical (unpaired) electrons. The van der Waals surface area contributed by atoms with E-state index in [4.69, 9.17) is 9.47 Å². The second-order valence-electron chi connectivity index (χ2n) is 7.27. The van der Waals surface area contributed by atoms with E-state index in [1.54, 1.807) is 23.2 Å². The third-order valence-electron chi connectivity index (χ3n) is 5.00. The fourth-order valence-corrected chi connectivity index (χ4v) is 3.13. The van der Waals surface area contributed by atoms with E-state index in [1.165, 1.54) is 25.0 Å². The molecule has 1 N–H and O–H groups in total. The van der Waals surface area contributed by atoms with Crippen molar-refractivity contribution in [1.29, 1.82) is 0 Å². The Bertz CT molecular complexity index is 811. The predicted molar refractivity (Wildman–Crippen MR) is 101 cm³/mol.